The smallest absolute Gasteiger partial charge is 0.169 e. The zero-order valence-electron chi connectivity index (χ0n) is 11.4. The van der Waals surface area contributed by atoms with E-state index < -0.39 is 0 Å². The van der Waals surface area contributed by atoms with Crippen molar-refractivity contribution >= 4 is 11.8 Å². The molecule has 1 aliphatic carbocycles. The molecule has 1 fully saturated rings. The molecule has 0 spiro atoms. The molecule has 0 aliphatic heterocycles. The molecule has 0 aromatic carbocycles. The van der Waals surface area contributed by atoms with Gasteiger partial charge < -0.3 is 4.57 Å². The molecule has 3 nitrogen and oxygen atoms in total. The highest BCUT2D eigenvalue weighted by Gasteiger charge is 2.22. The van der Waals surface area contributed by atoms with E-state index in [0.29, 0.717) is 6.04 Å². The van der Waals surface area contributed by atoms with Crippen LogP contribution in [0.15, 0.2) is 5.16 Å². The standard InChI is InChI=1S/C14H21N3S/c1-10(9-15)18-14-16-11(2)12(3)17(14)13-7-5-4-6-8-13/h10,13H,4-8H2,1-3H3. The van der Waals surface area contributed by atoms with E-state index in [1.54, 1.807) is 11.8 Å². The molecule has 2 rings (SSSR count). The largest absolute Gasteiger partial charge is 0.320 e. The van der Waals surface area contributed by atoms with E-state index in [1.807, 2.05) is 6.92 Å². The average molecular weight is 263 g/mol. The Hall–Kier alpha value is -0.950. The molecule has 0 saturated heterocycles. The summed E-state index contributed by atoms with van der Waals surface area (Å²) in [5.41, 5.74) is 2.38. The quantitative estimate of drug-likeness (QED) is 0.774. The van der Waals surface area contributed by atoms with Crippen LogP contribution >= 0.6 is 11.8 Å². The van der Waals surface area contributed by atoms with Crippen molar-refractivity contribution in [1.29, 1.82) is 5.26 Å². The highest BCUT2D eigenvalue weighted by Crippen LogP contribution is 2.35. The van der Waals surface area contributed by atoms with E-state index in [1.165, 1.54) is 37.8 Å². The lowest BCUT2D eigenvalue weighted by atomic mass is 9.95. The third-order valence-corrected chi connectivity index (χ3v) is 4.72. The Morgan fingerprint density at radius 2 is 2.00 bits per heavy atom. The predicted molar refractivity (Wildman–Crippen MR) is 74.8 cm³/mol. The normalized spacial score (nSPS) is 18.6. The van der Waals surface area contributed by atoms with E-state index >= 15 is 0 Å². The number of aryl methyl sites for hydroxylation is 1. The van der Waals surface area contributed by atoms with Crippen LogP contribution in [0.4, 0.5) is 0 Å². The molecule has 1 saturated carbocycles. The van der Waals surface area contributed by atoms with Crippen LogP contribution < -0.4 is 0 Å². The van der Waals surface area contributed by atoms with Crippen molar-refractivity contribution in [3.8, 4) is 6.07 Å². The molecule has 98 valence electrons. The van der Waals surface area contributed by atoms with Crippen LogP contribution in [0.1, 0.15) is 56.5 Å². The van der Waals surface area contributed by atoms with Crippen molar-refractivity contribution < 1.29 is 0 Å². The van der Waals surface area contributed by atoms with Crippen molar-refractivity contribution in [3.05, 3.63) is 11.4 Å². The summed E-state index contributed by atoms with van der Waals surface area (Å²) < 4.78 is 2.38. The van der Waals surface area contributed by atoms with Crippen LogP contribution in [0.3, 0.4) is 0 Å². The Morgan fingerprint density at radius 1 is 1.33 bits per heavy atom. The highest BCUT2D eigenvalue weighted by atomic mass is 32.2. The second-order valence-corrected chi connectivity index (χ2v) is 6.42. The van der Waals surface area contributed by atoms with Crippen LogP contribution in [-0.2, 0) is 0 Å². The van der Waals surface area contributed by atoms with Crippen molar-refractivity contribution in [3.63, 3.8) is 0 Å². The zero-order valence-corrected chi connectivity index (χ0v) is 12.3. The first-order valence-corrected chi connectivity index (χ1v) is 7.63. The lowest BCUT2D eigenvalue weighted by molar-refractivity contribution is 0.332. The fourth-order valence-electron chi connectivity index (χ4n) is 2.63. The van der Waals surface area contributed by atoms with Gasteiger partial charge in [0.2, 0.25) is 0 Å². The number of aromatic nitrogens is 2. The maximum Gasteiger partial charge on any atom is 0.169 e. The molecule has 1 aromatic heterocycles. The fourth-order valence-corrected chi connectivity index (χ4v) is 3.59. The van der Waals surface area contributed by atoms with Gasteiger partial charge in [0, 0.05) is 11.7 Å². The summed E-state index contributed by atoms with van der Waals surface area (Å²) in [6.45, 7) is 6.16. The minimum absolute atomic E-state index is 0.0338. The Balaban J connectivity index is 2.28. The fraction of sp³-hybridized carbons (Fsp3) is 0.714. The Bertz CT molecular complexity index is 452. The molecule has 0 N–H and O–H groups in total. The van der Waals surface area contributed by atoms with E-state index in [4.69, 9.17) is 5.26 Å². The third-order valence-electron chi connectivity index (χ3n) is 3.76. The van der Waals surface area contributed by atoms with Gasteiger partial charge in [-0.25, -0.2) is 4.98 Å². The first-order chi connectivity index (χ1) is 8.63. The molecule has 1 heterocycles. The van der Waals surface area contributed by atoms with Crippen molar-refractivity contribution in [2.45, 2.75) is 69.3 Å². The lowest BCUT2D eigenvalue weighted by Crippen LogP contribution is -2.15. The first kappa shape index (κ1) is 13.5. The van der Waals surface area contributed by atoms with Crippen LogP contribution in [0.25, 0.3) is 0 Å². The zero-order chi connectivity index (χ0) is 13.1. The summed E-state index contributed by atoms with van der Waals surface area (Å²) in [4.78, 5) is 4.65. The summed E-state index contributed by atoms with van der Waals surface area (Å²) in [6.07, 6.45) is 6.51. The molecular weight excluding hydrogens is 242 g/mol. The second-order valence-electron chi connectivity index (χ2n) is 5.12. The maximum atomic E-state index is 8.97. The molecule has 0 amide bonds. The molecule has 0 radical (unpaired) electrons. The molecule has 1 aliphatic rings. The molecular formula is C14H21N3S. The number of hydrogen-bond donors (Lipinski definition) is 0. The Morgan fingerprint density at radius 3 is 2.61 bits per heavy atom. The lowest BCUT2D eigenvalue weighted by Gasteiger charge is -2.26. The minimum atomic E-state index is -0.0338. The molecule has 1 aromatic rings. The predicted octanol–water partition coefficient (Wildman–Crippen LogP) is 4.01. The van der Waals surface area contributed by atoms with Gasteiger partial charge in [-0.15, -0.1) is 0 Å². The summed E-state index contributed by atoms with van der Waals surface area (Å²) >= 11 is 1.59. The molecule has 1 unspecified atom stereocenters. The first-order valence-electron chi connectivity index (χ1n) is 6.75. The number of rotatable bonds is 3. The van der Waals surface area contributed by atoms with Gasteiger partial charge in [-0.05, 0) is 33.6 Å². The molecule has 4 heteroatoms. The third kappa shape index (κ3) is 2.72. The summed E-state index contributed by atoms with van der Waals surface area (Å²) in [5, 5.41) is 9.97. The monoisotopic (exact) mass is 263 g/mol. The van der Waals surface area contributed by atoms with Crippen molar-refractivity contribution in [2.75, 3.05) is 0 Å². The van der Waals surface area contributed by atoms with Gasteiger partial charge >= 0.3 is 0 Å². The number of hydrogen-bond acceptors (Lipinski definition) is 3. The minimum Gasteiger partial charge on any atom is -0.320 e. The van der Waals surface area contributed by atoms with Crippen molar-refractivity contribution in [2.24, 2.45) is 0 Å². The summed E-state index contributed by atoms with van der Waals surface area (Å²) in [6, 6.07) is 2.87. The van der Waals surface area contributed by atoms with Crippen LogP contribution in [0.2, 0.25) is 0 Å². The maximum absolute atomic E-state index is 8.97. The van der Waals surface area contributed by atoms with Crippen molar-refractivity contribution in [1.82, 2.24) is 9.55 Å². The number of thioether (sulfide) groups is 1. The van der Waals surface area contributed by atoms with E-state index in [9.17, 15) is 0 Å². The summed E-state index contributed by atoms with van der Waals surface area (Å²) in [7, 11) is 0. The SMILES string of the molecule is Cc1nc(SC(C)C#N)n(C2CCCCC2)c1C. The molecule has 18 heavy (non-hydrogen) atoms. The van der Waals surface area contributed by atoms with E-state index in [-0.39, 0.29) is 5.25 Å². The Labute approximate surface area is 114 Å². The summed E-state index contributed by atoms with van der Waals surface area (Å²) in [5.74, 6) is 0. The second kappa shape index (κ2) is 5.79. The Kier molecular flexibility index (Phi) is 4.34. The molecule has 0 bridgehead atoms. The van der Waals surface area contributed by atoms with Gasteiger partial charge in [0.15, 0.2) is 5.16 Å². The number of nitriles is 1. The van der Waals surface area contributed by atoms with Gasteiger partial charge in [-0.1, -0.05) is 31.0 Å². The number of imidazole rings is 1. The van der Waals surface area contributed by atoms with Crippen LogP contribution in [-0.4, -0.2) is 14.8 Å². The topological polar surface area (TPSA) is 41.6 Å². The van der Waals surface area contributed by atoms with Crippen LogP contribution in [0.5, 0.6) is 0 Å². The number of nitrogens with zero attached hydrogens (tertiary/aromatic N) is 3. The van der Waals surface area contributed by atoms with Gasteiger partial charge in [0.25, 0.3) is 0 Å². The van der Waals surface area contributed by atoms with Gasteiger partial charge in [0.1, 0.15) is 0 Å². The molecule has 1 atom stereocenters. The van der Waals surface area contributed by atoms with Gasteiger partial charge in [0.05, 0.1) is 17.0 Å². The van der Waals surface area contributed by atoms with E-state index in [2.05, 4.69) is 29.5 Å². The van der Waals surface area contributed by atoms with Gasteiger partial charge in [-0.2, -0.15) is 5.26 Å². The average Bonchev–Trinajstić information content (AvgIpc) is 2.66. The van der Waals surface area contributed by atoms with E-state index in [0.717, 1.165) is 10.9 Å². The highest BCUT2D eigenvalue weighted by molar-refractivity contribution is 8.00. The van der Waals surface area contributed by atoms with Crippen LogP contribution in [0, 0.1) is 25.2 Å². The van der Waals surface area contributed by atoms with Gasteiger partial charge in [-0.3, -0.25) is 0 Å².